The van der Waals surface area contributed by atoms with Crippen molar-refractivity contribution in [3.8, 4) is 0 Å². The van der Waals surface area contributed by atoms with Crippen LogP contribution in [0.4, 0.5) is 0 Å². The minimum absolute atomic E-state index is 0.931. The first-order valence-electron chi connectivity index (χ1n) is 7.16. The lowest BCUT2D eigenvalue weighted by molar-refractivity contribution is 0.895. The van der Waals surface area contributed by atoms with Crippen molar-refractivity contribution in [2.45, 2.75) is 51.4 Å². The predicted molar refractivity (Wildman–Crippen MR) is 83.3 cm³/mol. The standard InChI is InChI=1S/C15H26N2Si/c1-4-18(5-2,6-3)13-7-10-17-14-15-8-11-16-12-9-15/h8-9,11-12,14H,4-7,10,13H2,1-3H3. The van der Waals surface area contributed by atoms with Gasteiger partial charge in [-0.25, -0.2) is 0 Å². The third-order valence-corrected chi connectivity index (χ3v) is 10.1. The van der Waals surface area contributed by atoms with Crippen LogP contribution in [0.5, 0.6) is 0 Å². The van der Waals surface area contributed by atoms with Crippen LogP contribution in [0.3, 0.4) is 0 Å². The summed E-state index contributed by atoms with van der Waals surface area (Å²) in [6.45, 7) is 8.09. The third kappa shape index (κ3) is 4.73. The van der Waals surface area contributed by atoms with Gasteiger partial charge in [-0.05, 0) is 24.1 Å². The van der Waals surface area contributed by atoms with Gasteiger partial charge in [-0.15, -0.1) is 0 Å². The van der Waals surface area contributed by atoms with Crippen molar-refractivity contribution in [2.24, 2.45) is 4.99 Å². The monoisotopic (exact) mass is 262 g/mol. The van der Waals surface area contributed by atoms with E-state index in [-0.39, 0.29) is 0 Å². The van der Waals surface area contributed by atoms with Crippen molar-refractivity contribution in [3.63, 3.8) is 0 Å². The molecule has 0 saturated heterocycles. The topological polar surface area (TPSA) is 25.2 Å². The zero-order valence-electron chi connectivity index (χ0n) is 12.0. The van der Waals surface area contributed by atoms with E-state index in [1.165, 1.54) is 30.6 Å². The summed E-state index contributed by atoms with van der Waals surface area (Å²) in [6, 6.07) is 9.69. The molecule has 1 heterocycles. The molecule has 0 aliphatic heterocycles. The Morgan fingerprint density at radius 3 is 2.28 bits per heavy atom. The van der Waals surface area contributed by atoms with Crippen LogP contribution in [0.1, 0.15) is 32.8 Å². The average molecular weight is 262 g/mol. The normalized spacial score (nSPS) is 12.2. The van der Waals surface area contributed by atoms with E-state index in [0.717, 1.165) is 12.1 Å². The molecule has 100 valence electrons. The number of hydrogen-bond donors (Lipinski definition) is 0. The molecule has 0 unspecified atom stereocenters. The van der Waals surface area contributed by atoms with Crippen LogP contribution >= 0.6 is 0 Å². The number of aromatic nitrogens is 1. The van der Waals surface area contributed by atoms with Crippen molar-refractivity contribution in [2.75, 3.05) is 6.54 Å². The average Bonchev–Trinajstić information content (AvgIpc) is 2.45. The lowest BCUT2D eigenvalue weighted by Gasteiger charge is -2.27. The molecule has 0 aromatic carbocycles. The molecule has 0 spiro atoms. The minimum Gasteiger partial charge on any atom is -0.293 e. The largest absolute Gasteiger partial charge is 0.293 e. The Morgan fingerprint density at radius 1 is 1.11 bits per heavy atom. The van der Waals surface area contributed by atoms with Crippen molar-refractivity contribution in [1.29, 1.82) is 0 Å². The van der Waals surface area contributed by atoms with Crippen LogP contribution in [-0.4, -0.2) is 25.8 Å². The maximum atomic E-state index is 4.52. The molecule has 1 rings (SSSR count). The summed E-state index contributed by atoms with van der Waals surface area (Å²) in [5.74, 6) is 0. The lowest BCUT2D eigenvalue weighted by Crippen LogP contribution is -2.31. The summed E-state index contributed by atoms with van der Waals surface area (Å²) >= 11 is 0. The first kappa shape index (κ1) is 15.1. The highest BCUT2D eigenvalue weighted by Crippen LogP contribution is 2.26. The van der Waals surface area contributed by atoms with Gasteiger partial charge in [-0.2, -0.15) is 0 Å². The Labute approximate surface area is 113 Å². The Morgan fingerprint density at radius 2 is 1.72 bits per heavy atom. The van der Waals surface area contributed by atoms with E-state index in [1.807, 2.05) is 30.7 Å². The molecule has 0 bridgehead atoms. The number of rotatable bonds is 8. The zero-order valence-corrected chi connectivity index (χ0v) is 13.0. The Hall–Kier alpha value is -0.963. The second-order valence-corrected chi connectivity index (χ2v) is 10.6. The predicted octanol–water partition coefficient (Wildman–Crippen LogP) is 4.40. The van der Waals surface area contributed by atoms with Gasteiger partial charge in [0, 0.05) is 25.2 Å². The highest BCUT2D eigenvalue weighted by Gasteiger charge is 2.25. The molecule has 0 atom stereocenters. The van der Waals surface area contributed by atoms with E-state index >= 15 is 0 Å². The molecule has 0 amide bonds. The molecule has 0 aliphatic carbocycles. The van der Waals surface area contributed by atoms with Crippen molar-refractivity contribution < 1.29 is 0 Å². The summed E-state index contributed by atoms with van der Waals surface area (Å²) in [7, 11) is -0.931. The van der Waals surface area contributed by atoms with Gasteiger partial charge in [-0.1, -0.05) is 44.9 Å². The quantitative estimate of drug-likeness (QED) is 0.387. The highest BCUT2D eigenvalue weighted by molar-refractivity contribution is 6.79. The smallest absolute Gasteiger partial charge is 0.0528 e. The van der Waals surface area contributed by atoms with Crippen molar-refractivity contribution in [1.82, 2.24) is 4.98 Å². The van der Waals surface area contributed by atoms with Gasteiger partial charge in [0.25, 0.3) is 0 Å². The molecular formula is C15H26N2Si. The maximum absolute atomic E-state index is 4.52. The molecule has 0 radical (unpaired) electrons. The Bertz CT molecular complexity index is 337. The van der Waals surface area contributed by atoms with Gasteiger partial charge in [0.15, 0.2) is 0 Å². The number of pyridine rings is 1. The van der Waals surface area contributed by atoms with Gasteiger partial charge in [0.1, 0.15) is 0 Å². The van der Waals surface area contributed by atoms with Gasteiger partial charge in [0.05, 0.1) is 8.07 Å². The molecule has 0 N–H and O–H groups in total. The van der Waals surface area contributed by atoms with E-state index in [1.54, 1.807) is 0 Å². The first-order chi connectivity index (χ1) is 8.76. The first-order valence-corrected chi connectivity index (χ1v) is 9.99. The van der Waals surface area contributed by atoms with E-state index < -0.39 is 8.07 Å². The minimum atomic E-state index is -0.931. The molecule has 1 aromatic heterocycles. The summed E-state index contributed by atoms with van der Waals surface area (Å²) in [4.78, 5) is 8.52. The number of nitrogens with zero attached hydrogens (tertiary/aromatic N) is 2. The zero-order chi connectivity index (χ0) is 13.3. The summed E-state index contributed by atoms with van der Waals surface area (Å²) in [5, 5.41) is 0. The lowest BCUT2D eigenvalue weighted by atomic mass is 10.3. The summed E-state index contributed by atoms with van der Waals surface area (Å²) in [6.07, 6.45) is 6.84. The number of hydrogen-bond acceptors (Lipinski definition) is 2. The van der Waals surface area contributed by atoms with Gasteiger partial charge >= 0.3 is 0 Å². The van der Waals surface area contributed by atoms with Crippen LogP contribution in [0.2, 0.25) is 24.2 Å². The van der Waals surface area contributed by atoms with Crippen LogP contribution in [-0.2, 0) is 0 Å². The van der Waals surface area contributed by atoms with Gasteiger partial charge in [-0.3, -0.25) is 9.98 Å². The third-order valence-electron chi connectivity index (χ3n) is 4.19. The Kier molecular flexibility index (Phi) is 6.87. The molecule has 0 saturated carbocycles. The maximum Gasteiger partial charge on any atom is 0.0528 e. The molecule has 3 heteroatoms. The second-order valence-electron chi connectivity index (χ2n) is 4.98. The van der Waals surface area contributed by atoms with E-state index in [0.29, 0.717) is 0 Å². The fourth-order valence-corrected chi connectivity index (χ4v) is 5.91. The second kappa shape index (κ2) is 8.19. The molecule has 1 aromatic rings. The highest BCUT2D eigenvalue weighted by atomic mass is 28.3. The summed E-state index contributed by atoms with van der Waals surface area (Å²) < 4.78 is 0. The van der Waals surface area contributed by atoms with Crippen molar-refractivity contribution >= 4 is 14.3 Å². The van der Waals surface area contributed by atoms with Crippen LogP contribution in [0.25, 0.3) is 0 Å². The molecular weight excluding hydrogens is 236 g/mol. The van der Waals surface area contributed by atoms with E-state index in [9.17, 15) is 0 Å². The molecule has 0 fully saturated rings. The Balaban J connectivity index is 2.32. The molecule has 2 nitrogen and oxygen atoms in total. The summed E-state index contributed by atoms with van der Waals surface area (Å²) in [5.41, 5.74) is 1.15. The fraction of sp³-hybridized carbons (Fsp3) is 0.600. The molecule has 0 aliphatic rings. The fourth-order valence-electron chi connectivity index (χ4n) is 2.45. The van der Waals surface area contributed by atoms with Crippen molar-refractivity contribution in [3.05, 3.63) is 30.1 Å². The SMILES string of the molecule is CC[Si](CC)(CC)CCCN=Cc1ccncc1. The molecule has 18 heavy (non-hydrogen) atoms. The van der Waals surface area contributed by atoms with Crippen LogP contribution in [0, 0.1) is 0 Å². The van der Waals surface area contributed by atoms with Crippen LogP contribution in [0.15, 0.2) is 29.5 Å². The van der Waals surface area contributed by atoms with Gasteiger partial charge in [0.2, 0.25) is 0 Å². The van der Waals surface area contributed by atoms with Crippen LogP contribution < -0.4 is 0 Å². The van der Waals surface area contributed by atoms with E-state index in [4.69, 9.17) is 0 Å². The van der Waals surface area contributed by atoms with Gasteiger partial charge < -0.3 is 0 Å². The number of aliphatic imine (C=N–C) groups is 1. The van der Waals surface area contributed by atoms with E-state index in [2.05, 4.69) is 30.7 Å².